The first-order valence-electron chi connectivity index (χ1n) is 4.83. The summed E-state index contributed by atoms with van der Waals surface area (Å²) >= 11 is 0. The molecule has 0 saturated carbocycles. The van der Waals surface area contributed by atoms with Crippen LogP contribution in [0.2, 0.25) is 0 Å². The first-order valence-corrected chi connectivity index (χ1v) is 4.83. The van der Waals surface area contributed by atoms with Crippen LogP contribution < -0.4 is 5.56 Å². The average Bonchev–Trinajstić information content (AvgIpc) is 2.67. The van der Waals surface area contributed by atoms with Crippen LogP contribution in [0, 0.1) is 0 Å². The van der Waals surface area contributed by atoms with Gasteiger partial charge in [-0.05, 0) is 12.5 Å². The molecular weight excluding hydrogens is 196 g/mol. The topological polar surface area (TPSA) is 62.5 Å². The largest absolute Gasteiger partial charge is 0.465 e. The Labute approximate surface area is 86.6 Å². The van der Waals surface area contributed by atoms with Gasteiger partial charge in [0.15, 0.2) is 0 Å². The normalized spacial score (nSPS) is 20.5. The van der Waals surface area contributed by atoms with E-state index in [1.807, 2.05) is 0 Å². The van der Waals surface area contributed by atoms with Crippen LogP contribution in [0.3, 0.4) is 0 Å². The summed E-state index contributed by atoms with van der Waals surface area (Å²) < 4.78 is 1.60. The minimum absolute atomic E-state index is 0.0187. The van der Waals surface area contributed by atoms with Gasteiger partial charge in [0, 0.05) is 25.4 Å². The van der Waals surface area contributed by atoms with Crippen molar-refractivity contribution >= 4 is 6.09 Å². The third-order valence-electron chi connectivity index (χ3n) is 2.68. The smallest absolute Gasteiger partial charge is 0.407 e. The first-order chi connectivity index (χ1) is 7.18. The molecule has 1 saturated heterocycles. The second-order valence-corrected chi connectivity index (χ2v) is 3.62. The van der Waals surface area contributed by atoms with Crippen LogP contribution >= 0.6 is 0 Å². The van der Waals surface area contributed by atoms with E-state index in [4.69, 9.17) is 5.11 Å². The fourth-order valence-electron chi connectivity index (χ4n) is 1.88. The second-order valence-electron chi connectivity index (χ2n) is 3.62. The number of pyridine rings is 1. The van der Waals surface area contributed by atoms with Gasteiger partial charge in [-0.1, -0.05) is 6.07 Å². The summed E-state index contributed by atoms with van der Waals surface area (Å²) in [5.74, 6) is 0. The number of hydrogen-bond acceptors (Lipinski definition) is 2. The van der Waals surface area contributed by atoms with Gasteiger partial charge < -0.3 is 14.6 Å². The van der Waals surface area contributed by atoms with Crippen molar-refractivity contribution in [2.45, 2.75) is 12.5 Å². The minimum Gasteiger partial charge on any atom is -0.465 e. The molecule has 15 heavy (non-hydrogen) atoms. The number of carboxylic acid groups (broad SMARTS) is 1. The van der Waals surface area contributed by atoms with Crippen molar-refractivity contribution in [1.29, 1.82) is 0 Å². The van der Waals surface area contributed by atoms with Crippen molar-refractivity contribution in [2.24, 2.45) is 0 Å². The summed E-state index contributed by atoms with van der Waals surface area (Å²) in [7, 11) is 0. The third-order valence-corrected chi connectivity index (χ3v) is 2.68. The molecule has 0 aromatic carbocycles. The molecular formula is C10H12N2O3. The van der Waals surface area contributed by atoms with Gasteiger partial charge in [0.2, 0.25) is 0 Å². The lowest BCUT2D eigenvalue weighted by Gasteiger charge is -2.14. The van der Waals surface area contributed by atoms with E-state index < -0.39 is 6.09 Å². The molecule has 1 aromatic rings. The molecule has 2 heterocycles. The Hall–Kier alpha value is -1.78. The summed E-state index contributed by atoms with van der Waals surface area (Å²) in [5, 5.41) is 8.79. The molecule has 1 aliphatic heterocycles. The molecule has 0 aliphatic carbocycles. The van der Waals surface area contributed by atoms with E-state index in [9.17, 15) is 9.59 Å². The second kappa shape index (κ2) is 3.76. The van der Waals surface area contributed by atoms with Gasteiger partial charge in [-0.2, -0.15) is 0 Å². The summed E-state index contributed by atoms with van der Waals surface area (Å²) in [6, 6.07) is 4.94. The fourth-order valence-corrected chi connectivity index (χ4v) is 1.88. The zero-order chi connectivity index (χ0) is 10.8. The Balaban J connectivity index is 2.18. The average molecular weight is 208 g/mol. The Bertz CT molecular complexity index is 427. The Morgan fingerprint density at radius 1 is 1.47 bits per heavy atom. The van der Waals surface area contributed by atoms with E-state index in [0.717, 1.165) is 0 Å². The molecule has 1 unspecified atom stereocenters. The summed E-state index contributed by atoms with van der Waals surface area (Å²) in [6.45, 7) is 0.903. The molecule has 1 aliphatic rings. The monoisotopic (exact) mass is 208 g/mol. The molecule has 0 radical (unpaired) electrons. The standard InChI is InChI=1S/C10H12N2O3/c13-9-3-1-2-5-12(9)8-4-6-11(7-8)10(14)15/h1-3,5,8H,4,6-7H2,(H,14,15). The number of amides is 1. The van der Waals surface area contributed by atoms with Crippen molar-refractivity contribution in [3.63, 3.8) is 0 Å². The quantitative estimate of drug-likeness (QED) is 0.741. The van der Waals surface area contributed by atoms with Crippen LogP contribution in [0.4, 0.5) is 4.79 Å². The highest BCUT2D eigenvalue weighted by atomic mass is 16.4. The molecule has 1 atom stereocenters. The molecule has 1 fully saturated rings. The first kappa shape index (κ1) is 9.76. The number of hydrogen-bond donors (Lipinski definition) is 1. The highest BCUT2D eigenvalue weighted by Gasteiger charge is 2.27. The van der Waals surface area contributed by atoms with Crippen LogP contribution in [0.25, 0.3) is 0 Å². The molecule has 5 nitrogen and oxygen atoms in total. The summed E-state index contributed by atoms with van der Waals surface area (Å²) in [6.07, 6.45) is 1.50. The Morgan fingerprint density at radius 3 is 2.87 bits per heavy atom. The number of carbonyl (C=O) groups is 1. The molecule has 0 bridgehead atoms. The summed E-state index contributed by atoms with van der Waals surface area (Å²) in [5.41, 5.74) is -0.0743. The van der Waals surface area contributed by atoms with Gasteiger partial charge in [0.05, 0.1) is 6.04 Å². The van der Waals surface area contributed by atoms with E-state index in [2.05, 4.69) is 0 Å². The van der Waals surface area contributed by atoms with Crippen LogP contribution in [-0.2, 0) is 0 Å². The number of nitrogens with zero attached hydrogens (tertiary/aromatic N) is 2. The predicted octanol–water partition coefficient (Wildman–Crippen LogP) is 0.773. The van der Waals surface area contributed by atoms with Crippen LogP contribution in [0.1, 0.15) is 12.5 Å². The molecule has 0 spiro atoms. The van der Waals surface area contributed by atoms with Gasteiger partial charge in [-0.15, -0.1) is 0 Å². The zero-order valence-corrected chi connectivity index (χ0v) is 8.17. The Morgan fingerprint density at radius 2 is 2.27 bits per heavy atom. The predicted molar refractivity (Wildman–Crippen MR) is 54.0 cm³/mol. The maximum absolute atomic E-state index is 11.5. The minimum atomic E-state index is -0.915. The van der Waals surface area contributed by atoms with Crippen molar-refractivity contribution in [3.8, 4) is 0 Å². The lowest BCUT2D eigenvalue weighted by atomic mass is 10.2. The van der Waals surface area contributed by atoms with Crippen molar-refractivity contribution < 1.29 is 9.90 Å². The van der Waals surface area contributed by atoms with E-state index in [1.165, 1.54) is 11.0 Å². The highest BCUT2D eigenvalue weighted by Crippen LogP contribution is 2.19. The lowest BCUT2D eigenvalue weighted by molar-refractivity contribution is 0.154. The van der Waals surface area contributed by atoms with Crippen molar-refractivity contribution in [3.05, 3.63) is 34.7 Å². The van der Waals surface area contributed by atoms with Gasteiger partial charge in [0.25, 0.3) is 5.56 Å². The highest BCUT2D eigenvalue weighted by molar-refractivity contribution is 5.65. The van der Waals surface area contributed by atoms with Gasteiger partial charge in [-0.25, -0.2) is 4.79 Å². The SMILES string of the molecule is O=C(O)N1CCC(n2ccccc2=O)C1. The third kappa shape index (κ3) is 1.86. The van der Waals surface area contributed by atoms with E-state index in [0.29, 0.717) is 19.5 Å². The van der Waals surface area contributed by atoms with E-state index in [1.54, 1.807) is 22.9 Å². The van der Waals surface area contributed by atoms with E-state index >= 15 is 0 Å². The van der Waals surface area contributed by atoms with Crippen LogP contribution in [0.5, 0.6) is 0 Å². The fraction of sp³-hybridized carbons (Fsp3) is 0.400. The van der Waals surface area contributed by atoms with Gasteiger partial charge >= 0.3 is 6.09 Å². The summed E-state index contributed by atoms with van der Waals surface area (Å²) in [4.78, 5) is 23.5. The molecule has 5 heteroatoms. The van der Waals surface area contributed by atoms with Crippen molar-refractivity contribution in [1.82, 2.24) is 9.47 Å². The maximum atomic E-state index is 11.5. The number of likely N-dealkylation sites (tertiary alicyclic amines) is 1. The molecule has 2 rings (SSSR count). The Kier molecular flexibility index (Phi) is 2.45. The lowest BCUT2D eigenvalue weighted by Crippen LogP contribution is -2.29. The molecule has 1 aromatic heterocycles. The zero-order valence-electron chi connectivity index (χ0n) is 8.17. The molecule has 1 amide bonds. The van der Waals surface area contributed by atoms with Crippen molar-refractivity contribution in [2.75, 3.05) is 13.1 Å². The van der Waals surface area contributed by atoms with Crippen LogP contribution in [0.15, 0.2) is 29.2 Å². The van der Waals surface area contributed by atoms with E-state index in [-0.39, 0.29) is 11.6 Å². The molecule has 80 valence electrons. The van der Waals surface area contributed by atoms with Crippen LogP contribution in [-0.4, -0.2) is 33.8 Å². The number of rotatable bonds is 1. The number of aromatic nitrogens is 1. The van der Waals surface area contributed by atoms with Gasteiger partial charge in [-0.3, -0.25) is 4.79 Å². The van der Waals surface area contributed by atoms with Gasteiger partial charge in [0.1, 0.15) is 0 Å². The maximum Gasteiger partial charge on any atom is 0.407 e. The molecule has 1 N–H and O–H groups in total.